The van der Waals surface area contributed by atoms with Crippen LogP contribution in [0.25, 0.3) is 0 Å². The van der Waals surface area contributed by atoms with Crippen LogP contribution in [0.5, 0.6) is 11.5 Å². The summed E-state index contributed by atoms with van der Waals surface area (Å²) >= 11 is 0. The summed E-state index contributed by atoms with van der Waals surface area (Å²) in [6, 6.07) is 6.29. The van der Waals surface area contributed by atoms with Crippen LogP contribution in [0.2, 0.25) is 0 Å². The lowest BCUT2D eigenvalue weighted by Gasteiger charge is -2.64. The monoisotopic (exact) mass is 476 g/mol. The van der Waals surface area contributed by atoms with Gasteiger partial charge in [-0.3, -0.25) is 19.4 Å². The van der Waals surface area contributed by atoms with Crippen molar-refractivity contribution in [2.24, 2.45) is 0 Å². The van der Waals surface area contributed by atoms with Crippen molar-refractivity contribution in [2.75, 3.05) is 13.1 Å². The van der Waals surface area contributed by atoms with Crippen LogP contribution < -0.4 is 4.74 Å². The van der Waals surface area contributed by atoms with Gasteiger partial charge in [0.05, 0.1) is 28.2 Å². The third kappa shape index (κ3) is 2.32. The zero-order valence-electron chi connectivity index (χ0n) is 19.0. The van der Waals surface area contributed by atoms with Gasteiger partial charge >= 0.3 is 0 Å². The van der Waals surface area contributed by atoms with Crippen molar-refractivity contribution in [3.63, 3.8) is 0 Å². The number of aliphatic hydroxyl groups is 1. The largest absolute Gasteiger partial charge is 0.504 e. The number of likely N-dealkylation sites (tertiary alicyclic amines) is 1. The lowest BCUT2D eigenvalue weighted by Crippen LogP contribution is -2.78. The third-order valence-corrected chi connectivity index (χ3v) is 9.12. The van der Waals surface area contributed by atoms with E-state index in [-0.39, 0.29) is 22.9 Å². The van der Waals surface area contributed by atoms with Gasteiger partial charge in [-0.1, -0.05) is 12.1 Å². The van der Waals surface area contributed by atoms with Crippen molar-refractivity contribution >= 4 is 11.8 Å². The molecule has 7 nitrogen and oxygen atoms in total. The molecule has 1 saturated carbocycles. The van der Waals surface area contributed by atoms with Gasteiger partial charge in [0.25, 0.3) is 11.8 Å². The van der Waals surface area contributed by atoms with Crippen molar-refractivity contribution in [3.05, 3.63) is 71.1 Å². The van der Waals surface area contributed by atoms with E-state index in [1.54, 1.807) is 6.07 Å². The number of aromatic hydroxyl groups is 1. The van der Waals surface area contributed by atoms with Crippen molar-refractivity contribution in [2.45, 2.75) is 54.9 Å². The van der Waals surface area contributed by atoms with E-state index < -0.39 is 40.8 Å². The van der Waals surface area contributed by atoms with Gasteiger partial charge in [-0.15, -0.1) is 6.58 Å². The summed E-state index contributed by atoms with van der Waals surface area (Å²) in [5.74, 6) is -1.26. The molecule has 3 aliphatic heterocycles. The van der Waals surface area contributed by atoms with Crippen LogP contribution in [0.3, 0.4) is 0 Å². The van der Waals surface area contributed by atoms with Gasteiger partial charge in [0.2, 0.25) is 0 Å². The summed E-state index contributed by atoms with van der Waals surface area (Å²) in [6.45, 7) is 5.21. The molecule has 180 valence electrons. The lowest BCUT2D eigenvalue weighted by atomic mass is 9.48. The van der Waals surface area contributed by atoms with Crippen LogP contribution in [-0.2, 0) is 11.8 Å². The first-order valence-corrected chi connectivity index (χ1v) is 12.1. The van der Waals surface area contributed by atoms with E-state index in [9.17, 15) is 24.2 Å². The fraction of sp³-hybridized carbons (Fsp3) is 0.407. The summed E-state index contributed by atoms with van der Waals surface area (Å²) in [5.41, 5.74) is 0.0127. The molecule has 2 amide bonds. The summed E-state index contributed by atoms with van der Waals surface area (Å²) in [6.07, 6.45) is 3.00. The maximum atomic E-state index is 13.9. The second-order valence-corrected chi connectivity index (χ2v) is 10.4. The molecule has 2 aliphatic carbocycles. The van der Waals surface area contributed by atoms with E-state index >= 15 is 0 Å². The van der Waals surface area contributed by atoms with Crippen LogP contribution in [0.15, 0.2) is 43.0 Å². The summed E-state index contributed by atoms with van der Waals surface area (Å²) < 4.78 is 20.4. The van der Waals surface area contributed by atoms with E-state index in [1.165, 1.54) is 17.0 Å². The summed E-state index contributed by atoms with van der Waals surface area (Å²) in [7, 11) is 0. The number of nitrogens with zero attached hydrogens (tertiary/aromatic N) is 2. The van der Waals surface area contributed by atoms with E-state index in [4.69, 9.17) is 4.74 Å². The smallest absolute Gasteiger partial charge is 0.262 e. The first kappa shape index (κ1) is 21.1. The zero-order chi connectivity index (χ0) is 24.3. The predicted octanol–water partition coefficient (Wildman–Crippen LogP) is 2.54. The minimum atomic E-state index is -1.16. The summed E-state index contributed by atoms with van der Waals surface area (Å²) in [5, 5.41) is 23.2. The molecule has 2 bridgehead atoms. The van der Waals surface area contributed by atoms with Crippen molar-refractivity contribution < 1.29 is 28.9 Å². The van der Waals surface area contributed by atoms with Gasteiger partial charge in [0, 0.05) is 18.2 Å². The number of ether oxygens (including phenoxy) is 1. The molecule has 2 aromatic carbocycles. The molecule has 2 fully saturated rings. The van der Waals surface area contributed by atoms with Gasteiger partial charge in [-0.25, -0.2) is 4.39 Å². The van der Waals surface area contributed by atoms with E-state index in [2.05, 4.69) is 11.5 Å². The first-order chi connectivity index (χ1) is 16.8. The van der Waals surface area contributed by atoms with E-state index in [0.29, 0.717) is 44.5 Å². The van der Waals surface area contributed by atoms with Crippen LogP contribution in [0.4, 0.5) is 4.39 Å². The van der Waals surface area contributed by atoms with Crippen LogP contribution in [0.1, 0.15) is 51.1 Å². The Morgan fingerprint density at radius 2 is 1.97 bits per heavy atom. The van der Waals surface area contributed by atoms with E-state index in [1.807, 2.05) is 12.1 Å². The Bertz CT molecular complexity index is 1340. The second-order valence-electron chi connectivity index (χ2n) is 10.4. The molecule has 0 radical (unpaired) electrons. The number of fused-ring (bicyclic) bond motifs is 1. The number of hydrogen-bond acceptors (Lipinski definition) is 6. The first-order valence-electron chi connectivity index (χ1n) is 12.1. The average Bonchev–Trinajstić information content (AvgIpc) is 3.30. The number of carbonyl (C=O) groups is 2. The number of carbonyl (C=O) groups excluding carboxylic acids is 2. The number of rotatable bonds is 3. The highest BCUT2D eigenvalue weighted by Gasteiger charge is 2.74. The van der Waals surface area contributed by atoms with Gasteiger partial charge in [-0.05, 0) is 62.1 Å². The molecule has 1 spiro atoms. The number of hydrogen-bond donors (Lipinski definition) is 2. The normalized spacial score (nSPS) is 34.5. The molecule has 2 N–H and O–H groups in total. The fourth-order valence-electron chi connectivity index (χ4n) is 7.79. The fourth-order valence-corrected chi connectivity index (χ4v) is 7.79. The molecular weight excluding hydrogens is 451 g/mol. The Morgan fingerprint density at radius 1 is 1.17 bits per heavy atom. The Morgan fingerprint density at radius 3 is 2.77 bits per heavy atom. The predicted molar refractivity (Wildman–Crippen MR) is 123 cm³/mol. The van der Waals surface area contributed by atoms with Crippen LogP contribution in [0, 0.1) is 5.82 Å². The Kier molecular flexibility index (Phi) is 4.04. The lowest BCUT2D eigenvalue weighted by molar-refractivity contribution is -0.194. The highest BCUT2D eigenvalue weighted by Crippen LogP contribution is 2.66. The van der Waals surface area contributed by atoms with Gasteiger partial charge in [-0.2, -0.15) is 0 Å². The molecular formula is C27H25FN2O5. The van der Waals surface area contributed by atoms with E-state index in [0.717, 1.165) is 17.2 Å². The molecule has 8 heteroatoms. The molecule has 2 aromatic rings. The number of benzene rings is 2. The SMILES string of the molecule is C=CCN1CC[C@]23c4c5ccc(O)c4O[C@H]2[C@H](N2C(=O)c4ccc(F)cc4C2=O)CC[C@@]3(O)[C@H]1C5. The van der Waals surface area contributed by atoms with Crippen molar-refractivity contribution in [1.82, 2.24) is 9.80 Å². The molecule has 7 rings (SSSR count). The highest BCUT2D eigenvalue weighted by atomic mass is 19.1. The van der Waals surface area contributed by atoms with Gasteiger partial charge < -0.3 is 14.9 Å². The maximum Gasteiger partial charge on any atom is 0.262 e. The average molecular weight is 477 g/mol. The molecule has 5 aliphatic rings. The molecule has 1 saturated heterocycles. The molecule has 5 atom stereocenters. The zero-order valence-corrected chi connectivity index (χ0v) is 19.0. The maximum absolute atomic E-state index is 13.9. The number of phenolic OH excluding ortho intramolecular Hbond substituents is 1. The number of amides is 2. The highest BCUT2D eigenvalue weighted by molar-refractivity contribution is 6.21. The quantitative estimate of drug-likeness (QED) is 0.523. The number of halogens is 1. The number of imide groups is 1. The second kappa shape index (κ2) is 6.71. The minimum Gasteiger partial charge on any atom is -0.504 e. The number of phenols is 1. The van der Waals surface area contributed by atoms with Crippen molar-refractivity contribution in [3.8, 4) is 11.5 Å². The molecule has 0 unspecified atom stereocenters. The van der Waals surface area contributed by atoms with Crippen LogP contribution in [-0.4, -0.2) is 68.7 Å². The molecule has 0 aromatic heterocycles. The standard InChI is InChI=1S/C27H25FN2O5/c1-2-10-29-11-9-26-21-14-3-6-19(31)22(21)35-23(26)18(7-8-27(26,34)20(29)12-14)30-24(32)16-5-4-15(28)13-17(16)25(30)33/h2-6,13,18,20,23,31,34H,1,7-12H2/t18-,20-,23+,26+,27-/m1/s1. The number of piperidine rings is 1. The summed E-state index contributed by atoms with van der Waals surface area (Å²) in [4.78, 5) is 30.2. The van der Waals surface area contributed by atoms with Crippen molar-refractivity contribution in [1.29, 1.82) is 0 Å². The van der Waals surface area contributed by atoms with Crippen LogP contribution >= 0.6 is 0 Å². The Hall–Kier alpha value is -3.23. The molecule has 35 heavy (non-hydrogen) atoms. The topological polar surface area (TPSA) is 90.3 Å². The van der Waals surface area contributed by atoms with Gasteiger partial charge in [0.15, 0.2) is 11.5 Å². The Labute approximate surface area is 201 Å². The minimum absolute atomic E-state index is 0.00923. The Balaban J connectivity index is 1.39. The molecule has 3 heterocycles. The van der Waals surface area contributed by atoms with Gasteiger partial charge in [0.1, 0.15) is 11.9 Å². The third-order valence-electron chi connectivity index (χ3n) is 9.12.